The monoisotopic (exact) mass is 307 g/mol. The minimum absolute atomic E-state index is 0.123. The van der Waals surface area contributed by atoms with Crippen LogP contribution >= 0.6 is 0 Å². The van der Waals surface area contributed by atoms with Crippen LogP contribution in [0.1, 0.15) is 6.42 Å². The number of carbonyl (C=O) groups excluding carboxylic acids is 2. The first-order valence-corrected chi connectivity index (χ1v) is 6.83. The summed E-state index contributed by atoms with van der Waals surface area (Å²) in [5.41, 5.74) is 0. The van der Waals surface area contributed by atoms with Crippen LogP contribution in [-0.4, -0.2) is 50.7 Å². The van der Waals surface area contributed by atoms with Gasteiger partial charge in [0.15, 0.2) is 6.61 Å². The Morgan fingerprint density at radius 3 is 2.64 bits per heavy atom. The van der Waals surface area contributed by atoms with Gasteiger partial charge in [-0.1, -0.05) is 12.1 Å². The van der Waals surface area contributed by atoms with Gasteiger partial charge in [0.25, 0.3) is 5.91 Å². The van der Waals surface area contributed by atoms with Gasteiger partial charge in [0, 0.05) is 19.2 Å². The molecular formula is C16H21NO5. The van der Waals surface area contributed by atoms with E-state index >= 15 is 0 Å². The topological polar surface area (TPSA) is 65.1 Å². The second kappa shape index (κ2) is 9.44. The molecule has 0 aliphatic carbocycles. The molecule has 0 aliphatic heterocycles. The highest BCUT2D eigenvalue weighted by atomic mass is 16.5. The van der Waals surface area contributed by atoms with Crippen LogP contribution in [0.4, 0.5) is 0 Å². The number of esters is 1. The van der Waals surface area contributed by atoms with Gasteiger partial charge in [-0.3, -0.25) is 9.59 Å². The fraction of sp³-hybridized carbons (Fsp3) is 0.375. The van der Waals surface area contributed by atoms with Crippen LogP contribution < -0.4 is 9.47 Å². The molecule has 0 N–H and O–H groups in total. The van der Waals surface area contributed by atoms with Crippen molar-refractivity contribution in [2.45, 2.75) is 6.42 Å². The van der Waals surface area contributed by atoms with Crippen LogP contribution in [0.25, 0.3) is 0 Å². The maximum atomic E-state index is 12.1. The first-order chi connectivity index (χ1) is 10.6. The normalized spacial score (nSPS) is 9.73. The lowest BCUT2D eigenvalue weighted by molar-refractivity contribution is -0.142. The first kappa shape index (κ1) is 17.6. The number of benzene rings is 1. The zero-order valence-corrected chi connectivity index (χ0v) is 12.9. The number of hydrogen-bond donors (Lipinski definition) is 0. The van der Waals surface area contributed by atoms with Gasteiger partial charge in [-0.15, -0.1) is 6.58 Å². The van der Waals surface area contributed by atoms with Crippen LogP contribution in [0.3, 0.4) is 0 Å². The minimum Gasteiger partial charge on any atom is -0.497 e. The standard InChI is InChI=1S/C16H21NO5/c1-4-9-17(10-8-16(19)21-3)15(18)12-22-14-7-5-6-13(11-14)20-2/h4-7,11H,1,8-10,12H2,2-3H3. The van der Waals surface area contributed by atoms with Crippen molar-refractivity contribution in [1.82, 2.24) is 4.90 Å². The molecule has 0 bridgehead atoms. The van der Waals surface area contributed by atoms with Crippen LogP contribution in [0.5, 0.6) is 11.5 Å². The third-order valence-corrected chi connectivity index (χ3v) is 2.92. The molecular weight excluding hydrogens is 286 g/mol. The molecule has 0 radical (unpaired) electrons. The Bertz CT molecular complexity index is 515. The molecule has 1 amide bonds. The molecule has 1 aromatic rings. The molecule has 6 nitrogen and oxygen atoms in total. The second-order valence-electron chi connectivity index (χ2n) is 4.42. The van der Waals surface area contributed by atoms with Crippen molar-refractivity contribution in [3.63, 3.8) is 0 Å². The van der Waals surface area contributed by atoms with Crippen LogP contribution in [-0.2, 0) is 14.3 Å². The van der Waals surface area contributed by atoms with E-state index in [1.54, 1.807) is 37.5 Å². The second-order valence-corrected chi connectivity index (χ2v) is 4.42. The van der Waals surface area contributed by atoms with Crippen LogP contribution in [0, 0.1) is 0 Å². The molecule has 0 heterocycles. The Hall–Kier alpha value is -2.50. The molecule has 0 fully saturated rings. The molecule has 0 saturated heterocycles. The van der Waals surface area contributed by atoms with Gasteiger partial charge < -0.3 is 19.1 Å². The summed E-state index contributed by atoms with van der Waals surface area (Å²) in [5, 5.41) is 0. The predicted octanol–water partition coefficient (Wildman–Crippen LogP) is 1.65. The maximum Gasteiger partial charge on any atom is 0.307 e. The van der Waals surface area contributed by atoms with Gasteiger partial charge in [-0.25, -0.2) is 0 Å². The summed E-state index contributed by atoms with van der Waals surface area (Å²) in [7, 11) is 2.87. The first-order valence-electron chi connectivity index (χ1n) is 6.83. The Morgan fingerprint density at radius 1 is 1.27 bits per heavy atom. The quantitative estimate of drug-likeness (QED) is 0.513. The average molecular weight is 307 g/mol. The fourth-order valence-corrected chi connectivity index (χ4v) is 1.73. The zero-order chi connectivity index (χ0) is 16.4. The van der Waals surface area contributed by atoms with E-state index in [2.05, 4.69) is 11.3 Å². The van der Waals surface area contributed by atoms with E-state index in [4.69, 9.17) is 9.47 Å². The summed E-state index contributed by atoms with van der Waals surface area (Å²) < 4.78 is 15.1. The summed E-state index contributed by atoms with van der Waals surface area (Å²) in [6.45, 7) is 4.09. The van der Waals surface area contributed by atoms with E-state index in [-0.39, 0.29) is 31.4 Å². The zero-order valence-electron chi connectivity index (χ0n) is 12.9. The highest BCUT2D eigenvalue weighted by molar-refractivity contribution is 5.78. The Balaban J connectivity index is 2.54. The van der Waals surface area contributed by atoms with Gasteiger partial charge in [-0.2, -0.15) is 0 Å². The Morgan fingerprint density at radius 2 is 2.00 bits per heavy atom. The molecule has 0 saturated carbocycles. The summed E-state index contributed by atoms with van der Waals surface area (Å²) in [6, 6.07) is 6.99. The van der Waals surface area contributed by atoms with E-state index in [1.807, 2.05) is 0 Å². The molecule has 22 heavy (non-hydrogen) atoms. The third kappa shape index (κ3) is 5.87. The molecule has 0 atom stereocenters. The molecule has 1 rings (SSSR count). The SMILES string of the molecule is C=CCN(CCC(=O)OC)C(=O)COc1cccc(OC)c1. The van der Waals surface area contributed by atoms with Gasteiger partial charge in [0.05, 0.1) is 20.6 Å². The molecule has 0 unspecified atom stereocenters. The smallest absolute Gasteiger partial charge is 0.307 e. The third-order valence-electron chi connectivity index (χ3n) is 2.92. The molecule has 0 aromatic heterocycles. The average Bonchev–Trinajstić information content (AvgIpc) is 2.56. The van der Waals surface area contributed by atoms with Crippen molar-refractivity contribution in [2.75, 3.05) is 33.9 Å². The minimum atomic E-state index is -0.365. The molecule has 0 aliphatic rings. The van der Waals surface area contributed by atoms with Gasteiger partial charge in [0.1, 0.15) is 11.5 Å². The Kier molecular flexibility index (Phi) is 7.53. The summed E-state index contributed by atoms with van der Waals surface area (Å²) in [6.07, 6.45) is 1.73. The highest BCUT2D eigenvalue weighted by Gasteiger charge is 2.14. The number of amides is 1. The lowest BCUT2D eigenvalue weighted by Gasteiger charge is -2.20. The number of hydrogen-bond acceptors (Lipinski definition) is 5. The van der Waals surface area contributed by atoms with Crippen LogP contribution in [0.15, 0.2) is 36.9 Å². The number of ether oxygens (including phenoxy) is 3. The van der Waals surface area contributed by atoms with Gasteiger partial charge >= 0.3 is 5.97 Å². The van der Waals surface area contributed by atoms with Crippen molar-refractivity contribution in [1.29, 1.82) is 0 Å². The van der Waals surface area contributed by atoms with Crippen molar-refractivity contribution < 1.29 is 23.8 Å². The molecule has 6 heteroatoms. The molecule has 0 spiro atoms. The van der Waals surface area contributed by atoms with Crippen molar-refractivity contribution in [2.24, 2.45) is 0 Å². The van der Waals surface area contributed by atoms with E-state index in [0.29, 0.717) is 18.0 Å². The van der Waals surface area contributed by atoms with E-state index < -0.39 is 0 Å². The fourth-order valence-electron chi connectivity index (χ4n) is 1.73. The largest absolute Gasteiger partial charge is 0.497 e. The summed E-state index contributed by atoms with van der Waals surface area (Å²) >= 11 is 0. The number of nitrogens with zero attached hydrogens (tertiary/aromatic N) is 1. The van der Waals surface area contributed by atoms with Gasteiger partial charge in [-0.05, 0) is 12.1 Å². The van der Waals surface area contributed by atoms with E-state index in [1.165, 1.54) is 12.0 Å². The van der Waals surface area contributed by atoms with E-state index in [0.717, 1.165) is 0 Å². The van der Waals surface area contributed by atoms with Crippen molar-refractivity contribution >= 4 is 11.9 Å². The van der Waals surface area contributed by atoms with E-state index in [9.17, 15) is 9.59 Å². The van der Waals surface area contributed by atoms with Crippen molar-refractivity contribution in [3.05, 3.63) is 36.9 Å². The summed E-state index contributed by atoms with van der Waals surface area (Å²) in [4.78, 5) is 24.8. The lowest BCUT2D eigenvalue weighted by Crippen LogP contribution is -2.36. The number of methoxy groups -OCH3 is 2. The predicted molar refractivity (Wildman–Crippen MR) is 81.9 cm³/mol. The highest BCUT2D eigenvalue weighted by Crippen LogP contribution is 2.18. The molecule has 120 valence electrons. The van der Waals surface area contributed by atoms with Crippen molar-refractivity contribution in [3.8, 4) is 11.5 Å². The summed E-state index contributed by atoms with van der Waals surface area (Å²) in [5.74, 6) is 0.597. The van der Waals surface area contributed by atoms with Gasteiger partial charge in [0.2, 0.25) is 0 Å². The molecule has 1 aromatic carbocycles. The number of rotatable bonds is 9. The Labute approximate surface area is 130 Å². The maximum absolute atomic E-state index is 12.1. The lowest BCUT2D eigenvalue weighted by atomic mass is 10.3. The number of carbonyl (C=O) groups is 2. The van der Waals surface area contributed by atoms with Crippen LogP contribution in [0.2, 0.25) is 0 Å².